The van der Waals surface area contributed by atoms with Crippen molar-refractivity contribution in [3.8, 4) is 0 Å². The van der Waals surface area contributed by atoms with Crippen molar-refractivity contribution in [2.24, 2.45) is 0 Å². The van der Waals surface area contributed by atoms with Gasteiger partial charge in [0.25, 0.3) is 0 Å². The Labute approximate surface area is 182 Å². The second-order valence-corrected chi connectivity index (χ2v) is 8.23. The Bertz CT molecular complexity index is 994. The highest BCUT2D eigenvalue weighted by molar-refractivity contribution is 5.95. The molecule has 2 aromatic rings. The zero-order valence-corrected chi connectivity index (χ0v) is 18.2. The summed E-state index contributed by atoms with van der Waals surface area (Å²) < 4.78 is 10.8. The molecule has 2 amide bonds. The number of furan rings is 1. The molecule has 3 heterocycles. The van der Waals surface area contributed by atoms with Gasteiger partial charge in [0.05, 0.1) is 30.7 Å². The molecule has 7 nitrogen and oxygen atoms in total. The highest BCUT2D eigenvalue weighted by atomic mass is 16.5. The minimum atomic E-state index is -0.689. The molecule has 1 atom stereocenters. The Morgan fingerprint density at radius 3 is 2.87 bits per heavy atom. The van der Waals surface area contributed by atoms with Gasteiger partial charge in [-0.25, -0.2) is 9.59 Å². The molecule has 31 heavy (non-hydrogen) atoms. The number of benzene rings is 1. The number of fused-ring (bicyclic) bond motifs is 1. The van der Waals surface area contributed by atoms with Crippen LogP contribution in [0.4, 0.5) is 10.5 Å². The van der Waals surface area contributed by atoms with Crippen LogP contribution in [-0.2, 0) is 16.0 Å². The van der Waals surface area contributed by atoms with Gasteiger partial charge in [-0.15, -0.1) is 0 Å². The predicted octanol–water partition coefficient (Wildman–Crippen LogP) is 4.03. The molecule has 0 saturated carbocycles. The lowest BCUT2D eigenvalue weighted by atomic mass is 9.94. The van der Waals surface area contributed by atoms with E-state index < -0.39 is 12.0 Å². The van der Waals surface area contributed by atoms with Crippen LogP contribution in [0.15, 0.2) is 52.3 Å². The van der Waals surface area contributed by atoms with E-state index >= 15 is 0 Å². The maximum absolute atomic E-state index is 12.9. The molecule has 0 radical (unpaired) electrons. The largest absolute Gasteiger partial charge is 0.467 e. The quantitative estimate of drug-likeness (QED) is 0.686. The lowest BCUT2D eigenvalue weighted by Gasteiger charge is -2.35. The van der Waals surface area contributed by atoms with Gasteiger partial charge in [-0.05, 0) is 55.0 Å². The standard InChI is InChI=1S/C24H29N3O4/c1-4-30-23(28)21-18(25-24(29)26-22(21)20-8-6-12-31-20)14-27-11-5-7-17-13-16(15(2)3)9-10-19(17)27/h6,8-10,12-13,15,22H,4-5,7,11,14H2,1-3H3,(H2,25,26,29). The SMILES string of the molecule is CCOC(=O)C1=C(CN2CCCc3cc(C(C)C)ccc32)NC(=O)NC1c1ccco1. The van der Waals surface area contributed by atoms with Gasteiger partial charge >= 0.3 is 12.0 Å². The summed E-state index contributed by atoms with van der Waals surface area (Å²) in [6, 6.07) is 9.02. The highest BCUT2D eigenvalue weighted by Gasteiger charge is 2.36. The third-order valence-electron chi connectivity index (χ3n) is 5.81. The number of rotatable bonds is 6. The molecule has 0 spiro atoms. The van der Waals surface area contributed by atoms with Crippen molar-refractivity contribution < 1.29 is 18.7 Å². The van der Waals surface area contributed by atoms with Crippen LogP contribution in [0.3, 0.4) is 0 Å². The van der Waals surface area contributed by atoms with Gasteiger partial charge < -0.3 is 24.7 Å². The molecule has 0 saturated heterocycles. The van der Waals surface area contributed by atoms with Crippen LogP contribution in [0.1, 0.15) is 56.0 Å². The number of nitrogens with one attached hydrogen (secondary N) is 2. The molecular formula is C24H29N3O4. The Balaban J connectivity index is 1.71. The van der Waals surface area contributed by atoms with Crippen LogP contribution in [0, 0.1) is 0 Å². The maximum Gasteiger partial charge on any atom is 0.338 e. The monoisotopic (exact) mass is 423 g/mol. The number of carbonyl (C=O) groups is 2. The summed E-state index contributed by atoms with van der Waals surface area (Å²) in [7, 11) is 0. The first kappa shape index (κ1) is 21.0. The van der Waals surface area contributed by atoms with Crippen molar-refractivity contribution >= 4 is 17.7 Å². The molecule has 2 aliphatic rings. The van der Waals surface area contributed by atoms with Crippen molar-refractivity contribution in [3.05, 3.63) is 64.8 Å². The number of nitrogens with zero attached hydrogens (tertiary/aromatic N) is 1. The van der Waals surface area contributed by atoms with Crippen LogP contribution in [-0.4, -0.2) is 31.7 Å². The van der Waals surface area contributed by atoms with E-state index in [4.69, 9.17) is 9.15 Å². The zero-order valence-electron chi connectivity index (χ0n) is 18.2. The number of ether oxygens (including phenoxy) is 1. The van der Waals surface area contributed by atoms with Crippen LogP contribution in [0.5, 0.6) is 0 Å². The first-order valence-electron chi connectivity index (χ1n) is 10.9. The fraction of sp³-hybridized carbons (Fsp3) is 0.417. The first-order valence-corrected chi connectivity index (χ1v) is 10.9. The Morgan fingerprint density at radius 1 is 1.32 bits per heavy atom. The number of esters is 1. The third kappa shape index (κ3) is 4.31. The van der Waals surface area contributed by atoms with Crippen molar-refractivity contribution in [1.29, 1.82) is 0 Å². The van der Waals surface area contributed by atoms with Gasteiger partial charge in [-0.2, -0.15) is 0 Å². The zero-order chi connectivity index (χ0) is 22.0. The van der Waals surface area contributed by atoms with Crippen LogP contribution >= 0.6 is 0 Å². The summed E-state index contributed by atoms with van der Waals surface area (Å²) in [5.41, 5.74) is 4.69. The van der Waals surface area contributed by atoms with Gasteiger partial charge in [0, 0.05) is 12.2 Å². The highest BCUT2D eigenvalue weighted by Crippen LogP contribution is 2.33. The van der Waals surface area contributed by atoms with E-state index in [0.29, 0.717) is 29.5 Å². The van der Waals surface area contributed by atoms with Gasteiger partial charge in [-0.1, -0.05) is 26.0 Å². The average Bonchev–Trinajstić information content (AvgIpc) is 3.28. The van der Waals surface area contributed by atoms with E-state index in [1.54, 1.807) is 19.1 Å². The van der Waals surface area contributed by atoms with Crippen LogP contribution in [0.25, 0.3) is 0 Å². The molecule has 2 N–H and O–H groups in total. The van der Waals surface area contributed by atoms with Gasteiger partial charge in [-0.3, -0.25) is 0 Å². The van der Waals surface area contributed by atoms with Crippen molar-refractivity contribution in [1.82, 2.24) is 10.6 Å². The second kappa shape index (κ2) is 8.88. The van der Waals surface area contributed by atoms with E-state index in [2.05, 4.69) is 47.6 Å². The summed E-state index contributed by atoms with van der Waals surface area (Å²) in [6.45, 7) is 7.66. The van der Waals surface area contributed by atoms with E-state index in [1.165, 1.54) is 17.4 Å². The van der Waals surface area contributed by atoms with Crippen LogP contribution in [0.2, 0.25) is 0 Å². The summed E-state index contributed by atoms with van der Waals surface area (Å²) in [4.78, 5) is 27.6. The number of amides is 2. The van der Waals surface area contributed by atoms with E-state index in [0.717, 1.165) is 25.1 Å². The fourth-order valence-electron chi connectivity index (χ4n) is 4.27. The topological polar surface area (TPSA) is 83.8 Å². The normalized spacial score (nSPS) is 18.5. The summed E-state index contributed by atoms with van der Waals surface area (Å²) in [5, 5.41) is 5.64. The smallest absolute Gasteiger partial charge is 0.338 e. The van der Waals surface area contributed by atoms with E-state index in [1.807, 2.05) is 0 Å². The number of anilines is 1. The molecule has 0 bridgehead atoms. The minimum Gasteiger partial charge on any atom is -0.467 e. The molecule has 4 rings (SSSR count). The molecule has 1 aromatic heterocycles. The molecule has 1 unspecified atom stereocenters. The molecule has 7 heteroatoms. The van der Waals surface area contributed by atoms with Crippen molar-refractivity contribution in [2.75, 3.05) is 24.6 Å². The average molecular weight is 424 g/mol. The number of hydrogen-bond acceptors (Lipinski definition) is 5. The fourth-order valence-corrected chi connectivity index (χ4v) is 4.27. The lowest BCUT2D eigenvalue weighted by molar-refractivity contribution is -0.139. The maximum atomic E-state index is 12.9. The van der Waals surface area contributed by atoms with Gasteiger partial charge in [0.1, 0.15) is 11.8 Å². The van der Waals surface area contributed by atoms with Gasteiger partial charge in [0.2, 0.25) is 0 Å². The predicted molar refractivity (Wildman–Crippen MR) is 118 cm³/mol. The minimum absolute atomic E-state index is 0.249. The van der Waals surface area contributed by atoms with Crippen LogP contribution < -0.4 is 15.5 Å². The first-order chi connectivity index (χ1) is 15.0. The molecule has 0 aliphatic carbocycles. The Kier molecular flexibility index (Phi) is 6.02. The van der Waals surface area contributed by atoms with Gasteiger partial charge in [0.15, 0.2) is 0 Å². The molecule has 1 aromatic carbocycles. The van der Waals surface area contributed by atoms with Crippen molar-refractivity contribution in [2.45, 2.75) is 45.6 Å². The number of urea groups is 1. The molecule has 2 aliphatic heterocycles. The summed E-state index contributed by atoms with van der Waals surface area (Å²) in [5.74, 6) is 0.506. The molecule has 0 fully saturated rings. The van der Waals surface area contributed by atoms with E-state index in [-0.39, 0.29) is 12.6 Å². The number of hydrogen-bond donors (Lipinski definition) is 2. The third-order valence-corrected chi connectivity index (χ3v) is 5.81. The van der Waals surface area contributed by atoms with E-state index in [9.17, 15) is 9.59 Å². The summed E-state index contributed by atoms with van der Waals surface area (Å²) in [6.07, 6.45) is 3.57. The second-order valence-electron chi connectivity index (χ2n) is 8.23. The van der Waals surface area contributed by atoms with Crippen molar-refractivity contribution in [3.63, 3.8) is 0 Å². The Morgan fingerprint density at radius 2 is 2.16 bits per heavy atom. The lowest BCUT2D eigenvalue weighted by Crippen LogP contribution is -2.49. The molecular weight excluding hydrogens is 394 g/mol. The summed E-state index contributed by atoms with van der Waals surface area (Å²) >= 11 is 0. The Hall–Kier alpha value is -3.22. The number of carbonyl (C=O) groups excluding carboxylic acids is 2. The molecule has 164 valence electrons. The number of aryl methyl sites for hydroxylation is 1.